The van der Waals surface area contributed by atoms with E-state index in [0.717, 1.165) is 0 Å². The summed E-state index contributed by atoms with van der Waals surface area (Å²) in [4.78, 5) is 27.1. The Morgan fingerprint density at radius 1 is 1.30 bits per heavy atom. The largest absolute Gasteiger partial charge is 0.481 e. The van der Waals surface area contributed by atoms with Crippen molar-refractivity contribution < 1.29 is 14.7 Å². The summed E-state index contributed by atoms with van der Waals surface area (Å²) in [6.07, 6.45) is 4.11. The molecule has 2 aromatic rings. The van der Waals surface area contributed by atoms with Gasteiger partial charge < -0.3 is 10.4 Å². The molecule has 1 fully saturated rings. The van der Waals surface area contributed by atoms with Gasteiger partial charge in [0.05, 0.1) is 5.92 Å². The van der Waals surface area contributed by atoms with Crippen molar-refractivity contribution in [3.8, 4) is 0 Å². The number of pyridine rings is 1. The first kappa shape index (κ1) is 15.5. The maximum atomic E-state index is 12.0. The van der Waals surface area contributed by atoms with E-state index in [4.69, 9.17) is 16.7 Å². The highest BCUT2D eigenvalue weighted by Crippen LogP contribution is 2.24. The Morgan fingerprint density at radius 3 is 2.74 bits per heavy atom. The molecular formula is C14H16ClN5O3. The number of carboxylic acids is 1. The highest BCUT2D eigenvalue weighted by molar-refractivity contribution is 6.30. The number of urea groups is 1. The average molecular weight is 338 g/mol. The minimum atomic E-state index is -0.763. The SMILES string of the molecule is O=C(Nc1nc2cc(Cl)ccn2n1)NC1CCC(C(=O)O)CC1. The molecule has 0 atom stereocenters. The number of anilines is 1. The average Bonchev–Trinajstić information content (AvgIpc) is 2.88. The van der Waals surface area contributed by atoms with Crippen LogP contribution in [0.3, 0.4) is 0 Å². The number of carboxylic acid groups (broad SMARTS) is 1. The van der Waals surface area contributed by atoms with Gasteiger partial charge in [0.1, 0.15) is 0 Å². The van der Waals surface area contributed by atoms with E-state index in [-0.39, 0.29) is 17.9 Å². The third-order valence-corrected chi connectivity index (χ3v) is 4.17. The van der Waals surface area contributed by atoms with E-state index in [1.807, 2.05) is 0 Å². The van der Waals surface area contributed by atoms with E-state index in [1.165, 1.54) is 4.52 Å². The lowest BCUT2D eigenvalue weighted by Gasteiger charge is -2.26. The smallest absolute Gasteiger partial charge is 0.321 e. The number of carbonyl (C=O) groups excluding carboxylic acids is 1. The van der Waals surface area contributed by atoms with Crippen LogP contribution in [-0.2, 0) is 4.79 Å². The molecular weight excluding hydrogens is 322 g/mol. The van der Waals surface area contributed by atoms with E-state index < -0.39 is 12.0 Å². The van der Waals surface area contributed by atoms with Crippen molar-refractivity contribution >= 4 is 35.2 Å². The molecule has 1 aliphatic carbocycles. The van der Waals surface area contributed by atoms with Crippen molar-refractivity contribution in [2.45, 2.75) is 31.7 Å². The standard InChI is InChI=1S/C14H16ClN5O3/c15-9-5-6-20-11(7-9)17-13(19-20)18-14(23)16-10-3-1-8(2-4-10)12(21)22/h5-8,10H,1-4H2,(H,21,22)(H2,16,18,19,23). The number of amides is 2. The molecule has 2 amide bonds. The van der Waals surface area contributed by atoms with Gasteiger partial charge in [-0.3, -0.25) is 10.1 Å². The number of rotatable bonds is 3. The van der Waals surface area contributed by atoms with Crippen LogP contribution >= 0.6 is 11.6 Å². The van der Waals surface area contributed by atoms with E-state index >= 15 is 0 Å². The van der Waals surface area contributed by atoms with Crippen LogP contribution in [0.2, 0.25) is 5.02 Å². The summed E-state index contributed by atoms with van der Waals surface area (Å²) in [5, 5.41) is 19.0. The van der Waals surface area contributed by atoms with Crippen LogP contribution in [0.4, 0.5) is 10.7 Å². The second kappa shape index (κ2) is 6.41. The van der Waals surface area contributed by atoms with Crippen LogP contribution in [0, 0.1) is 5.92 Å². The molecule has 0 spiro atoms. The first-order chi connectivity index (χ1) is 11.0. The van der Waals surface area contributed by atoms with Crippen LogP contribution in [-0.4, -0.2) is 37.7 Å². The molecule has 1 aliphatic rings. The quantitative estimate of drug-likeness (QED) is 0.795. The number of hydrogen-bond donors (Lipinski definition) is 3. The molecule has 0 radical (unpaired) electrons. The Balaban J connectivity index is 1.55. The zero-order chi connectivity index (χ0) is 16.4. The fraction of sp³-hybridized carbons (Fsp3) is 0.429. The highest BCUT2D eigenvalue weighted by atomic mass is 35.5. The molecule has 3 rings (SSSR count). The Hall–Kier alpha value is -2.35. The van der Waals surface area contributed by atoms with Gasteiger partial charge in [-0.1, -0.05) is 11.6 Å². The molecule has 23 heavy (non-hydrogen) atoms. The van der Waals surface area contributed by atoms with Crippen LogP contribution in [0.25, 0.3) is 5.65 Å². The van der Waals surface area contributed by atoms with Crippen molar-refractivity contribution in [2.75, 3.05) is 5.32 Å². The zero-order valence-corrected chi connectivity index (χ0v) is 13.0. The molecule has 8 nitrogen and oxygen atoms in total. The summed E-state index contributed by atoms with van der Waals surface area (Å²) in [6, 6.07) is 2.89. The lowest BCUT2D eigenvalue weighted by Crippen LogP contribution is -2.41. The Kier molecular flexibility index (Phi) is 4.33. The number of carbonyl (C=O) groups is 2. The van der Waals surface area contributed by atoms with Gasteiger partial charge in [-0.15, -0.1) is 5.10 Å². The fourth-order valence-corrected chi connectivity index (χ4v) is 2.87. The van der Waals surface area contributed by atoms with Crippen molar-refractivity contribution in [2.24, 2.45) is 5.92 Å². The van der Waals surface area contributed by atoms with Gasteiger partial charge in [0.15, 0.2) is 5.65 Å². The molecule has 0 bridgehead atoms. The van der Waals surface area contributed by atoms with Crippen LogP contribution in [0.15, 0.2) is 18.3 Å². The van der Waals surface area contributed by atoms with Crippen molar-refractivity contribution in [3.05, 3.63) is 23.4 Å². The summed E-state index contributed by atoms with van der Waals surface area (Å²) in [6.45, 7) is 0. The summed E-state index contributed by atoms with van der Waals surface area (Å²) < 4.78 is 1.51. The van der Waals surface area contributed by atoms with Gasteiger partial charge in [0.2, 0.25) is 0 Å². The van der Waals surface area contributed by atoms with Gasteiger partial charge in [0, 0.05) is 23.3 Å². The van der Waals surface area contributed by atoms with Crippen molar-refractivity contribution in [1.82, 2.24) is 19.9 Å². The van der Waals surface area contributed by atoms with E-state index in [1.54, 1.807) is 18.3 Å². The molecule has 1 saturated carbocycles. The molecule has 122 valence electrons. The summed E-state index contributed by atoms with van der Waals surface area (Å²) in [7, 11) is 0. The molecule has 2 heterocycles. The number of aliphatic carboxylic acids is 1. The molecule has 9 heteroatoms. The van der Waals surface area contributed by atoms with E-state index in [9.17, 15) is 9.59 Å². The first-order valence-electron chi connectivity index (χ1n) is 7.33. The van der Waals surface area contributed by atoms with Gasteiger partial charge in [-0.25, -0.2) is 9.31 Å². The topological polar surface area (TPSA) is 109 Å². The first-order valence-corrected chi connectivity index (χ1v) is 7.71. The van der Waals surface area contributed by atoms with Crippen LogP contribution in [0.1, 0.15) is 25.7 Å². The van der Waals surface area contributed by atoms with Gasteiger partial charge >= 0.3 is 12.0 Å². The number of hydrogen-bond acceptors (Lipinski definition) is 4. The zero-order valence-electron chi connectivity index (χ0n) is 12.2. The third-order valence-electron chi connectivity index (χ3n) is 3.94. The third kappa shape index (κ3) is 3.70. The minimum absolute atomic E-state index is 0.0305. The number of fused-ring (bicyclic) bond motifs is 1. The van der Waals surface area contributed by atoms with Gasteiger partial charge in [-0.2, -0.15) is 4.98 Å². The molecule has 0 saturated heterocycles. The maximum absolute atomic E-state index is 12.0. The number of nitrogens with one attached hydrogen (secondary N) is 2. The summed E-state index contributed by atoms with van der Waals surface area (Å²) in [5.41, 5.74) is 0.537. The second-order valence-electron chi connectivity index (χ2n) is 5.57. The molecule has 2 aromatic heterocycles. The summed E-state index contributed by atoms with van der Waals surface area (Å²) >= 11 is 5.87. The lowest BCUT2D eigenvalue weighted by atomic mass is 9.86. The van der Waals surface area contributed by atoms with Crippen LogP contribution in [0.5, 0.6) is 0 Å². The Labute approximate surface area is 136 Å². The fourth-order valence-electron chi connectivity index (χ4n) is 2.72. The number of halogens is 1. The van der Waals surface area contributed by atoms with Gasteiger partial charge in [-0.05, 0) is 31.7 Å². The number of aromatic nitrogens is 3. The maximum Gasteiger partial charge on any atom is 0.321 e. The molecule has 0 unspecified atom stereocenters. The molecule has 3 N–H and O–H groups in total. The number of nitrogens with zero attached hydrogens (tertiary/aromatic N) is 3. The van der Waals surface area contributed by atoms with E-state index in [2.05, 4.69) is 20.7 Å². The lowest BCUT2D eigenvalue weighted by molar-refractivity contribution is -0.142. The Morgan fingerprint density at radius 2 is 2.04 bits per heavy atom. The monoisotopic (exact) mass is 337 g/mol. The van der Waals surface area contributed by atoms with Crippen LogP contribution < -0.4 is 10.6 Å². The Bertz CT molecular complexity index is 739. The van der Waals surface area contributed by atoms with Gasteiger partial charge in [0.25, 0.3) is 5.95 Å². The molecule has 0 aliphatic heterocycles. The predicted octanol–water partition coefficient (Wildman–Crippen LogP) is 2.15. The highest BCUT2D eigenvalue weighted by Gasteiger charge is 2.26. The van der Waals surface area contributed by atoms with Crippen molar-refractivity contribution in [1.29, 1.82) is 0 Å². The summed E-state index contributed by atoms with van der Waals surface area (Å²) in [5.74, 6) is -0.884. The molecule has 0 aromatic carbocycles. The normalized spacial score (nSPS) is 21.1. The van der Waals surface area contributed by atoms with Crippen molar-refractivity contribution in [3.63, 3.8) is 0 Å². The van der Waals surface area contributed by atoms with E-state index in [0.29, 0.717) is 36.4 Å². The minimum Gasteiger partial charge on any atom is -0.481 e. The predicted molar refractivity (Wildman–Crippen MR) is 83.5 cm³/mol. The second-order valence-corrected chi connectivity index (χ2v) is 6.00.